The number of anilines is 1. The summed E-state index contributed by atoms with van der Waals surface area (Å²) in [5, 5.41) is 0. The molecule has 5 nitrogen and oxygen atoms in total. The van der Waals surface area contributed by atoms with E-state index in [9.17, 15) is 4.79 Å². The first-order chi connectivity index (χ1) is 11.3. The van der Waals surface area contributed by atoms with E-state index < -0.39 is 0 Å². The molecule has 0 saturated carbocycles. The third kappa shape index (κ3) is 2.36. The number of fused-ring (bicyclic) bond motifs is 1. The fraction of sp³-hybridized carbons (Fsp3) is 0.444. The molecule has 0 aliphatic carbocycles. The van der Waals surface area contributed by atoms with Gasteiger partial charge in [-0.05, 0) is 31.4 Å². The van der Waals surface area contributed by atoms with Crippen molar-refractivity contribution in [3.8, 4) is 0 Å². The van der Waals surface area contributed by atoms with E-state index >= 15 is 0 Å². The molecule has 0 spiro atoms. The molecule has 0 radical (unpaired) electrons. The summed E-state index contributed by atoms with van der Waals surface area (Å²) >= 11 is 0. The highest BCUT2D eigenvalue weighted by atomic mass is 16.5. The van der Waals surface area contributed by atoms with Crippen LogP contribution in [0.15, 0.2) is 36.7 Å². The Labute approximate surface area is 135 Å². The summed E-state index contributed by atoms with van der Waals surface area (Å²) in [6, 6.07) is 8.18. The zero-order valence-corrected chi connectivity index (χ0v) is 13.3. The van der Waals surface area contributed by atoms with Gasteiger partial charge in [0.15, 0.2) is 0 Å². The predicted molar refractivity (Wildman–Crippen MR) is 87.2 cm³/mol. The monoisotopic (exact) mass is 311 g/mol. The lowest BCUT2D eigenvalue weighted by Crippen LogP contribution is -2.36. The quantitative estimate of drug-likeness (QED) is 0.875. The number of aromatic nitrogens is 2. The summed E-state index contributed by atoms with van der Waals surface area (Å²) in [4.78, 5) is 19.5. The molecule has 2 aliphatic rings. The summed E-state index contributed by atoms with van der Waals surface area (Å²) in [7, 11) is 0. The lowest BCUT2D eigenvalue weighted by atomic mass is 9.99. The summed E-state index contributed by atoms with van der Waals surface area (Å²) in [5.41, 5.74) is 2.31. The van der Waals surface area contributed by atoms with E-state index in [1.54, 1.807) is 6.20 Å². The molecule has 5 heteroatoms. The lowest BCUT2D eigenvalue weighted by molar-refractivity contribution is -0.124. The van der Waals surface area contributed by atoms with Crippen LogP contribution in [0.4, 0.5) is 5.69 Å². The van der Waals surface area contributed by atoms with Crippen LogP contribution in [0, 0.1) is 5.92 Å². The first-order valence-corrected chi connectivity index (χ1v) is 8.31. The largest absolute Gasteiger partial charge is 0.369 e. The van der Waals surface area contributed by atoms with Gasteiger partial charge in [-0.1, -0.05) is 18.2 Å². The fourth-order valence-corrected chi connectivity index (χ4v) is 3.71. The maximum Gasteiger partial charge on any atom is 0.233 e. The number of benzene rings is 1. The smallest absolute Gasteiger partial charge is 0.233 e. The van der Waals surface area contributed by atoms with Gasteiger partial charge in [0.2, 0.25) is 5.91 Å². The SMILES string of the molecule is CCn1ccnc1[C@@H]1OCC[C@H]1C(=O)N1CCc2ccccc21. The molecule has 1 amide bonds. The number of nitrogens with zero attached hydrogens (tertiary/aromatic N) is 3. The first-order valence-electron chi connectivity index (χ1n) is 8.31. The number of ether oxygens (including phenoxy) is 1. The molecule has 4 rings (SSSR count). The van der Waals surface area contributed by atoms with Gasteiger partial charge in [0.1, 0.15) is 11.9 Å². The van der Waals surface area contributed by atoms with Crippen molar-refractivity contribution in [2.75, 3.05) is 18.1 Å². The maximum atomic E-state index is 13.1. The Hall–Kier alpha value is -2.14. The number of carbonyl (C=O) groups excluding carboxylic acids is 1. The zero-order valence-electron chi connectivity index (χ0n) is 13.3. The van der Waals surface area contributed by atoms with Gasteiger partial charge >= 0.3 is 0 Å². The van der Waals surface area contributed by atoms with Crippen molar-refractivity contribution < 1.29 is 9.53 Å². The van der Waals surface area contributed by atoms with Crippen LogP contribution in [-0.2, 0) is 22.5 Å². The average molecular weight is 311 g/mol. The van der Waals surface area contributed by atoms with E-state index in [2.05, 4.69) is 22.5 Å². The van der Waals surface area contributed by atoms with Gasteiger partial charge in [0, 0.05) is 37.8 Å². The Kier molecular flexibility index (Phi) is 3.65. The predicted octanol–water partition coefficient (Wildman–Crippen LogP) is 2.57. The Morgan fingerprint density at radius 1 is 1.39 bits per heavy atom. The molecule has 0 unspecified atom stereocenters. The molecule has 1 aromatic heterocycles. The topological polar surface area (TPSA) is 47.4 Å². The molecule has 23 heavy (non-hydrogen) atoms. The van der Waals surface area contributed by atoms with Gasteiger partial charge in [-0.25, -0.2) is 4.98 Å². The molecule has 1 fully saturated rings. The van der Waals surface area contributed by atoms with Crippen LogP contribution in [0.2, 0.25) is 0 Å². The zero-order chi connectivity index (χ0) is 15.8. The second kappa shape index (κ2) is 5.81. The van der Waals surface area contributed by atoms with Crippen molar-refractivity contribution >= 4 is 11.6 Å². The molecule has 1 saturated heterocycles. The average Bonchev–Trinajstić information content (AvgIpc) is 3.31. The normalized spacial score (nSPS) is 23.3. The standard InChI is InChI=1S/C18H21N3O2/c1-2-20-11-9-19-17(20)16-14(8-12-23-16)18(22)21-10-7-13-5-3-4-6-15(13)21/h3-6,9,11,14,16H,2,7-8,10,12H2,1H3/t14-,16-/m1/s1. The van der Waals surface area contributed by atoms with E-state index in [0.29, 0.717) is 6.61 Å². The van der Waals surface area contributed by atoms with Gasteiger partial charge in [-0.2, -0.15) is 0 Å². The highest BCUT2D eigenvalue weighted by Gasteiger charge is 2.41. The summed E-state index contributed by atoms with van der Waals surface area (Å²) < 4.78 is 7.95. The third-order valence-corrected chi connectivity index (χ3v) is 4.90. The second-order valence-electron chi connectivity index (χ2n) is 6.13. The van der Waals surface area contributed by atoms with Gasteiger partial charge in [0.25, 0.3) is 0 Å². The fourth-order valence-electron chi connectivity index (χ4n) is 3.71. The van der Waals surface area contributed by atoms with Crippen molar-refractivity contribution in [3.05, 3.63) is 48.0 Å². The summed E-state index contributed by atoms with van der Waals surface area (Å²) in [6.45, 7) is 4.30. The maximum absolute atomic E-state index is 13.1. The van der Waals surface area contributed by atoms with Crippen LogP contribution in [0.1, 0.15) is 30.8 Å². The van der Waals surface area contributed by atoms with Crippen LogP contribution in [-0.4, -0.2) is 28.6 Å². The Morgan fingerprint density at radius 3 is 3.13 bits per heavy atom. The first kappa shape index (κ1) is 14.5. The van der Waals surface area contributed by atoms with E-state index in [0.717, 1.165) is 37.4 Å². The van der Waals surface area contributed by atoms with Crippen molar-refractivity contribution in [1.82, 2.24) is 9.55 Å². The number of aryl methyl sites for hydroxylation is 1. The highest BCUT2D eigenvalue weighted by molar-refractivity contribution is 5.97. The van der Waals surface area contributed by atoms with Crippen molar-refractivity contribution in [2.45, 2.75) is 32.4 Å². The van der Waals surface area contributed by atoms with Crippen LogP contribution < -0.4 is 4.90 Å². The summed E-state index contributed by atoms with van der Waals surface area (Å²) in [5.74, 6) is 0.896. The Bertz CT molecular complexity index is 725. The molecule has 2 atom stereocenters. The second-order valence-corrected chi connectivity index (χ2v) is 6.13. The molecular weight excluding hydrogens is 290 g/mol. The number of amides is 1. The van der Waals surface area contributed by atoms with Gasteiger partial charge in [-0.3, -0.25) is 4.79 Å². The van der Waals surface area contributed by atoms with E-state index in [4.69, 9.17) is 4.74 Å². The van der Waals surface area contributed by atoms with Crippen LogP contribution >= 0.6 is 0 Å². The minimum atomic E-state index is -0.231. The van der Waals surface area contributed by atoms with Gasteiger partial charge < -0.3 is 14.2 Å². The van der Waals surface area contributed by atoms with E-state index in [1.165, 1.54) is 5.56 Å². The Balaban J connectivity index is 1.61. The van der Waals surface area contributed by atoms with E-state index in [1.807, 2.05) is 29.3 Å². The van der Waals surface area contributed by atoms with Crippen LogP contribution in [0.25, 0.3) is 0 Å². The van der Waals surface area contributed by atoms with Crippen LogP contribution in [0.3, 0.4) is 0 Å². The highest BCUT2D eigenvalue weighted by Crippen LogP contribution is 2.38. The minimum Gasteiger partial charge on any atom is -0.369 e. The Morgan fingerprint density at radius 2 is 2.26 bits per heavy atom. The molecule has 1 aromatic carbocycles. The lowest BCUT2D eigenvalue weighted by Gasteiger charge is -2.24. The molecule has 3 heterocycles. The number of hydrogen-bond donors (Lipinski definition) is 0. The van der Waals surface area contributed by atoms with Crippen molar-refractivity contribution in [2.24, 2.45) is 5.92 Å². The number of rotatable bonds is 3. The van der Waals surface area contributed by atoms with Gasteiger partial charge in [0.05, 0.1) is 5.92 Å². The number of hydrogen-bond acceptors (Lipinski definition) is 3. The van der Waals surface area contributed by atoms with Crippen molar-refractivity contribution in [3.63, 3.8) is 0 Å². The van der Waals surface area contributed by atoms with Crippen molar-refractivity contribution in [1.29, 1.82) is 0 Å². The van der Waals surface area contributed by atoms with Crippen LogP contribution in [0.5, 0.6) is 0 Å². The molecule has 2 aromatic rings. The number of para-hydroxylation sites is 1. The summed E-state index contributed by atoms with van der Waals surface area (Å²) in [6.07, 6.45) is 5.20. The minimum absolute atomic E-state index is 0.145. The molecule has 0 N–H and O–H groups in total. The van der Waals surface area contributed by atoms with Gasteiger partial charge in [-0.15, -0.1) is 0 Å². The number of imidazole rings is 1. The van der Waals surface area contributed by atoms with E-state index in [-0.39, 0.29) is 17.9 Å². The molecule has 2 aliphatic heterocycles. The molecular formula is C18H21N3O2. The molecule has 0 bridgehead atoms. The third-order valence-electron chi connectivity index (χ3n) is 4.90. The molecule has 120 valence electrons. The number of carbonyl (C=O) groups is 1.